The number of benzene rings is 2. The van der Waals surface area contributed by atoms with E-state index in [0.717, 1.165) is 22.4 Å². The molecule has 0 unspecified atom stereocenters. The predicted molar refractivity (Wildman–Crippen MR) is 135 cm³/mol. The summed E-state index contributed by atoms with van der Waals surface area (Å²) in [4.78, 5) is 39.5. The van der Waals surface area contributed by atoms with E-state index in [2.05, 4.69) is 5.32 Å². The first-order valence-electron chi connectivity index (χ1n) is 11.3. The van der Waals surface area contributed by atoms with Crippen LogP contribution < -0.4 is 10.1 Å². The van der Waals surface area contributed by atoms with E-state index in [-0.39, 0.29) is 6.42 Å². The van der Waals surface area contributed by atoms with Gasteiger partial charge in [-0.15, -0.1) is 11.8 Å². The summed E-state index contributed by atoms with van der Waals surface area (Å²) in [5.74, 6) is 0.569. The van der Waals surface area contributed by atoms with E-state index in [4.69, 9.17) is 14.2 Å². The van der Waals surface area contributed by atoms with Crippen LogP contribution in [0.2, 0.25) is 0 Å². The summed E-state index contributed by atoms with van der Waals surface area (Å²) in [5, 5.41) is 2.77. The molecule has 188 valence electrons. The van der Waals surface area contributed by atoms with Crippen LogP contribution in [0.3, 0.4) is 0 Å². The number of esters is 1. The number of amides is 2. The van der Waals surface area contributed by atoms with Crippen molar-refractivity contribution in [2.75, 3.05) is 25.8 Å². The smallest absolute Gasteiger partial charge is 0.411 e. The van der Waals surface area contributed by atoms with Crippen molar-refractivity contribution in [1.29, 1.82) is 0 Å². The molecule has 0 radical (unpaired) electrons. The summed E-state index contributed by atoms with van der Waals surface area (Å²) >= 11 is 1.46. The van der Waals surface area contributed by atoms with Crippen LogP contribution in [0.4, 0.5) is 4.79 Å². The van der Waals surface area contributed by atoms with Gasteiger partial charge in [0.1, 0.15) is 23.4 Å². The second-order valence-electron chi connectivity index (χ2n) is 9.15. The molecule has 3 rings (SSSR count). The van der Waals surface area contributed by atoms with Crippen molar-refractivity contribution in [3.8, 4) is 16.9 Å². The Morgan fingerprint density at radius 3 is 2.40 bits per heavy atom. The second-order valence-corrected chi connectivity index (χ2v) is 10.2. The molecule has 2 aromatic rings. The number of rotatable bonds is 7. The van der Waals surface area contributed by atoms with E-state index < -0.39 is 35.7 Å². The predicted octanol–water partition coefficient (Wildman–Crippen LogP) is 3.87. The van der Waals surface area contributed by atoms with Gasteiger partial charge in [0.05, 0.1) is 20.1 Å². The standard InChI is InChI=1S/C26H32N2O6S/c1-26(2,3)34-25(31)28-16-35-15-21(28)23(29)27-20(24(30)33-5)14-17-10-12-18(13-11-17)19-8-6-7-9-22(19)32-4/h6-13,20-21H,14-16H2,1-5H3,(H,27,29)/t20-,21-/m0/s1. The number of ether oxygens (including phenoxy) is 3. The third-order valence-electron chi connectivity index (χ3n) is 5.43. The molecule has 2 aromatic carbocycles. The lowest BCUT2D eigenvalue weighted by atomic mass is 10.00. The number of methoxy groups -OCH3 is 2. The van der Waals surface area contributed by atoms with Crippen LogP contribution in [0.15, 0.2) is 48.5 Å². The van der Waals surface area contributed by atoms with Gasteiger partial charge >= 0.3 is 12.1 Å². The van der Waals surface area contributed by atoms with Crippen LogP contribution in [0.25, 0.3) is 11.1 Å². The quantitative estimate of drug-likeness (QED) is 0.577. The highest BCUT2D eigenvalue weighted by molar-refractivity contribution is 7.99. The summed E-state index contributed by atoms with van der Waals surface area (Å²) in [7, 11) is 2.91. The first-order chi connectivity index (χ1) is 16.6. The van der Waals surface area contributed by atoms with Gasteiger partial charge in [0, 0.05) is 17.7 Å². The fraction of sp³-hybridized carbons (Fsp3) is 0.423. The molecule has 1 aliphatic heterocycles. The fourth-order valence-corrected chi connectivity index (χ4v) is 4.85. The number of carbonyl (C=O) groups is 3. The molecule has 2 amide bonds. The summed E-state index contributed by atoms with van der Waals surface area (Å²) < 4.78 is 15.8. The number of nitrogens with one attached hydrogen (secondary N) is 1. The molecule has 1 heterocycles. The monoisotopic (exact) mass is 500 g/mol. The van der Waals surface area contributed by atoms with E-state index in [1.54, 1.807) is 27.9 Å². The molecule has 1 aliphatic rings. The number of hydrogen-bond donors (Lipinski definition) is 1. The van der Waals surface area contributed by atoms with Crippen molar-refractivity contribution in [3.63, 3.8) is 0 Å². The minimum absolute atomic E-state index is 0.247. The van der Waals surface area contributed by atoms with E-state index in [9.17, 15) is 14.4 Å². The molecule has 0 saturated carbocycles. The maximum atomic E-state index is 13.1. The zero-order valence-corrected chi connectivity index (χ0v) is 21.5. The third-order valence-corrected chi connectivity index (χ3v) is 6.44. The first kappa shape index (κ1) is 26.4. The van der Waals surface area contributed by atoms with E-state index in [1.165, 1.54) is 23.8 Å². The molecular weight excluding hydrogens is 468 g/mol. The highest BCUT2D eigenvalue weighted by Crippen LogP contribution is 2.30. The van der Waals surface area contributed by atoms with Crippen molar-refractivity contribution in [2.24, 2.45) is 0 Å². The van der Waals surface area contributed by atoms with Gasteiger partial charge in [-0.1, -0.05) is 42.5 Å². The maximum Gasteiger partial charge on any atom is 0.411 e. The Morgan fingerprint density at radius 2 is 1.77 bits per heavy atom. The third kappa shape index (κ3) is 6.91. The zero-order valence-electron chi connectivity index (χ0n) is 20.7. The van der Waals surface area contributed by atoms with Crippen molar-refractivity contribution in [1.82, 2.24) is 10.2 Å². The Balaban J connectivity index is 1.71. The van der Waals surface area contributed by atoms with Crippen molar-refractivity contribution >= 4 is 29.7 Å². The fourth-order valence-electron chi connectivity index (χ4n) is 3.70. The molecule has 0 spiro atoms. The van der Waals surface area contributed by atoms with Crippen molar-refractivity contribution in [2.45, 2.75) is 44.9 Å². The highest BCUT2D eigenvalue weighted by Gasteiger charge is 2.38. The van der Waals surface area contributed by atoms with Crippen LogP contribution in [-0.2, 0) is 25.5 Å². The molecule has 9 heteroatoms. The van der Waals surface area contributed by atoms with E-state index >= 15 is 0 Å². The average molecular weight is 501 g/mol. The van der Waals surface area contributed by atoms with Crippen LogP contribution >= 0.6 is 11.8 Å². The summed E-state index contributed by atoms with van der Waals surface area (Å²) in [6.07, 6.45) is -0.305. The molecule has 2 atom stereocenters. The van der Waals surface area contributed by atoms with E-state index in [1.807, 2.05) is 48.5 Å². The molecular formula is C26H32N2O6S. The second kappa shape index (κ2) is 11.5. The van der Waals surface area contributed by atoms with Crippen LogP contribution in [0.5, 0.6) is 5.75 Å². The van der Waals surface area contributed by atoms with Gasteiger partial charge < -0.3 is 19.5 Å². The summed E-state index contributed by atoms with van der Waals surface area (Å²) in [6.45, 7) is 5.32. The Bertz CT molecular complexity index is 1050. The van der Waals surface area contributed by atoms with Gasteiger partial charge in [0.15, 0.2) is 0 Å². The SMILES string of the molecule is COC(=O)[C@H](Cc1ccc(-c2ccccc2OC)cc1)NC(=O)[C@@H]1CSCN1C(=O)OC(C)(C)C. The molecule has 1 N–H and O–H groups in total. The lowest BCUT2D eigenvalue weighted by Crippen LogP contribution is -2.53. The van der Waals surface area contributed by atoms with Gasteiger partial charge in [0.25, 0.3) is 0 Å². The minimum atomic E-state index is -0.893. The first-order valence-corrected chi connectivity index (χ1v) is 12.5. The topological polar surface area (TPSA) is 94.2 Å². The summed E-state index contributed by atoms with van der Waals surface area (Å²) in [6, 6.07) is 13.8. The molecule has 1 fully saturated rings. The summed E-state index contributed by atoms with van der Waals surface area (Å²) in [5.41, 5.74) is 2.11. The Hall–Kier alpha value is -3.20. The number of carbonyl (C=O) groups excluding carboxylic acids is 3. The number of para-hydroxylation sites is 1. The van der Waals surface area contributed by atoms with Crippen LogP contribution in [0, 0.1) is 0 Å². The highest BCUT2D eigenvalue weighted by atomic mass is 32.2. The minimum Gasteiger partial charge on any atom is -0.496 e. The van der Waals surface area contributed by atoms with E-state index in [0.29, 0.717) is 11.6 Å². The van der Waals surface area contributed by atoms with Gasteiger partial charge in [-0.05, 0) is 38.0 Å². The molecule has 0 aliphatic carbocycles. The van der Waals surface area contributed by atoms with Crippen molar-refractivity contribution in [3.05, 3.63) is 54.1 Å². The molecule has 8 nitrogen and oxygen atoms in total. The largest absolute Gasteiger partial charge is 0.496 e. The van der Waals surface area contributed by atoms with Gasteiger partial charge in [-0.3, -0.25) is 9.69 Å². The zero-order chi connectivity index (χ0) is 25.6. The van der Waals surface area contributed by atoms with Crippen LogP contribution in [-0.4, -0.2) is 66.4 Å². The average Bonchev–Trinajstić information content (AvgIpc) is 3.33. The molecule has 0 aromatic heterocycles. The number of nitrogens with zero attached hydrogens (tertiary/aromatic N) is 1. The van der Waals surface area contributed by atoms with Crippen LogP contribution in [0.1, 0.15) is 26.3 Å². The normalized spacial score (nSPS) is 16.4. The Labute approximate surface area is 210 Å². The molecule has 0 bridgehead atoms. The Kier molecular flexibility index (Phi) is 8.67. The van der Waals surface area contributed by atoms with Gasteiger partial charge in [-0.2, -0.15) is 0 Å². The van der Waals surface area contributed by atoms with Gasteiger partial charge in [-0.25, -0.2) is 9.59 Å². The molecule has 1 saturated heterocycles. The number of hydrogen-bond acceptors (Lipinski definition) is 7. The maximum absolute atomic E-state index is 13.1. The van der Waals surface area contributed by atoms with Gasteiger partial charge in [0.2, 0.25) is 5.91 Å². The lowest BCUT2D eigenvalue weighted by molar-refractivity contribution is -0.145. The van der Waals surface area contributed by atoms with Crippen molar-refractivity contribution < 1.29 is 28.6 Å². The number of thioether (sulfide) groups is 1. The lowest BCUT2D eigenvalue weighted by Gasteiger charge is -2.28. The molecule has 35 heavy (non-hydrogen) atoms. The Morgan fingerprint density at radius 1 is 1.09 bits per heavy atom.